The first-order chi connectivity index (χ1) is 17.3. The van der Waals surface area contributed by atoms with Crippen LogP contribution in [0.15, 0.2) is 60.7 Å². The minimum absolute atomic E-state index is 0.672. The van der Waals surface area contributed by atoms with Crippen LogP contribution in [0.5, 0.6) is 0 Å². The van der Waals surface area contributed by atoms with Gasteiger partial charge >= 0.3 is 0 Å². The summed E-state index contributed by atoms with van der Waals surface area (Å²) >= 11 is 0. The van der Waals surface area contributed by atoms with Gasteiger partial charge in [-0.25, -0.2) is 0 Å². The summed E-state index contributed by atoms with van der Waals surface area (Å²) in [7, 11) is 0. The molecule has 2 N–H and O–H groups in total. The van der Waals surface area contributed by atoms with Gasteiger partial charge in [0.15, 0.2) is 5.65 Å². The van der Waals surface area contributed by atoms with Crippen molar-refractivity contribution in [2.45, 2.75) is 19.5 Å². The van der Waals surface area contributed by atoms with Crippen LogP contribution < -0.4 is 10.2 Å². The lowest BCUT2D eigenvalue weighted by molar-refractivity contribution is 0.130. The summed E-state index contributed by atoms with van der Waals surface area (Å²) in [6, 6.07) is 21.3. The Hall–Kier alpha value is -3.49. The molecular weight excluding hydrogens is 436 g/mol. The molecule has 2 aromatic heterocycles. The first-order valence-electron chi connectivity index (χ1n) is 12.6. The van der Waals surface area contributed by atoms with Crippen molar-refractivity contribution in [3.05, 3.63) is 77.5 Å². The number of benzene rings is 2. The van der Waals surface area contributed by atoms with Crippen molar-refractivity contribution in [2.75, 3.05) is 56.0 Å². The van der Waals surface area contributed by atoms with E-state index in [4.69, 9.17) is 9.97 Å². The van der Waals surface area contributed by atoms with Crippen LogP contribution in [0.25, 0.3) is 11.0 Å². The predicted molar refractivity (Wildman–Crippen MR) is 140 cm³/mol. The highest BCUT2D eigenvalue weighted by atomic mass is 15.3. The number of nitrogens with one attached hydrogen (secondary N) is 2. The summed E-state index contributed by atoms with van der Waals surface area (Å²) in [4.78, 5) is 17.1. The van der Waals surface area contributed by atoms with E-state index >= 15 is 0 Å². The molecule has 0 spiro atoms. The highest BCUT2D eigenvalue weighted by Crippen LogP contribution is 2.32. The Kier molecular flexibility index (Phi) is 6.30. The molecule has 0 atom stereocenters. The lowest BCUT2D eigenvalue weighted by atomic mass is 10.1. The van der Waals surface area contributed by atoms with Gasteiger partial charge in [0.2, 0.25) is 5.95 Å². The second kappa shape index (κ2) is 10.0. The van der Waals surface area contributed by atoms with E-state index in [1.165, 1.54) is 11.1 Å². The lowest BCUT2D eigenvalue weighted by Crippen LogP contribution is -2.47. The Morgan fingerprint density at radius 1 is 0.771 bits per heavy atom. The van der Waals surface area contributed by atoms with Crippen LogP contribution in [0.2, 0.25) is 0 Å². The van der Waals surface area contributed by atoms with Gasteiger partial charge in [-0.3, -0.25) is 14.9 Å². The molecule has 0 aliphatic carbocycles. The lowest BCUT2D eigenvalue weighted by Gasteiger charge is -2.34. The number of H-pyrrole nitrogens is 1. The van der Waals surface area contributed by atoms with Gasteiger partial charge in [-0.1, -0.05) is 60.7 Å². The molecule has 2 aromatic carbocycles. The molecule has 0 amide bonds. The van der Waals surface area contributed by atoms with Gasteiger partial charge in [-0.2, -0.15) is 15.1 Å². The van der Waals surface area contributed by atoms with Crippen molar-refractivity contribution in [1.29, 1.82) is 0 Å². The van der Waals surface area contributed by atoms with Crippen LogP contribution in [0.4, 0.5) is 11.8 Å². The minimum Gasteiger partial charge on any atom is -0.353 e. The molecule has 1 saturated heterocycles. The first-order valence-corrected chi connectivity index (χ1v) is 12.6. The molecule has 0 unspecified atom stereocenters. The van der Waals surface area contributed by atoms with Gasteiger partial charge in [-0.05, 0) is 11.1 Å². The summed E-state index contributed by atoms with van der Waals surface area (Å²) in [6.45, 7) is 8.98. The Bertz CT molecular complexity index is 1250. The maximum atomic E-state index is 4.94. The summed E-state index contributed by atoms with van der Waals surface area (Å²) in [5, 5.41) is 12.2. The monoisotopic (exact) mass is 468 g/mol. The normalized spacial score (nSPS) is 16.6. The highest BCUT2D eigenvalue weighted by Gasteiger charge is 2.25. The Balaban J connectivity index is 1.06. The van der Waals surface area contributed by atoms with Gasteiger partial charge in [0, 0.05) is 65.3 Å². The van der Waals surface area contributed by atoms with E-state index in [0.29, 0.717) is 5.95 Å². The summed E-state index contributed by atoms with van der Waals surface area (Å²) < 4.78 is 0. The van der Waals surface area contributed by atoms with E-state index in [1.807, 2.05) is 0 Å². The zero-order valence-corrected chi connectivity index (χ0v) is 20.0. The van der Waals surface area contributed by atoms with E-state index in [0.717, 1.165) is 87.9 Å². The number of rotatable bonds is 8. The Labute approximate surface area is 206 Å². The Morgan fingerprint density at radius 3 is 2.20 bits per heavy atom. The number of aromatic amines is 1. The second-order valence-electron chi connectivity index (χ2n) is 9.45. The van der Waals surface area contributed by atoms with Gasteiger partial charge in [-0.15, -0.1) is 0 Å². The van der Waals surface area contributed by atoms with Gasteiger partial charge in [0.25, 0.3) is 0 Å². The maximum absolute atomic E-state index is 4.94. The van der Waals surface area contributed by atoms with Gasteiger partial charge in [0.05, 0.1) is 11.1 Å². The number of aromatic nitrogens is 4. The van der Waals surface area contributed by atoms with E-state index in [-0.39, 0.29) is 0 Å². The molecule has 1 fully saturated rings. The van der Waals surface area contributed by atoms with Crippen LogP contribution in [0.1, 0.15) is 16.8 Å². The van der Waals surface area contributed by atoms with Crippen LogP contribution >= 0.6 is 0 Å². The van der Waals surface area contributed by atoms with Gasteiger partial charge < -0.3 is 10.2 Å². The molecule has 180 valence electrons. The third-order valence-corrected chi connectivity index (χ3v) is 7.03. The molecule has 8 heteroatoms. The molecule has 2 aliphatic rings. The fourth-order valence-electron chi connectivity index (χ4n) is 5.10. The molecule has 2 aliphatic heterocycles. The topological polar surface area (TPSA) is 76.2 Å². The zero-order chi connectivity index (χ0) is 23.5. The third kappa shape index (κ3) is 4.99. The molecule has 8 nitrogen and oxygen atoms in total. The van der Waals surface area contributed by atoms with Crippen LogP contribution in [-0.4, -0.2) is 75.8 Å². The van der Waals surface area contributed by atoms with E-state index in [2.05, 4.69) is 90.9 Å². The number of hydrogen-bond donors (Lipinski definition) is 2. The van der Waals surface area contributed by atoms with Crippen LogP contribution in [0.3, 0.4) is 0 Å². The number of nitrogens with zero attached hydrogens (tertiary/aromatic N) is 6. The van der Waals surface area contributed by atoms with Crippen molar-refractivity contribution >= 4 is 22.8 Å². The standard InChI is InChI=1S/C27H32N8/c1-3-7-21(8-4-1)19-34-17-15-33(16-18-34)14-12-28-27-29-25-24-23(31-32-25)11-13-35(26(24)30-27)20-22-9-5-2-6-10-22/h1-10H,11-20H2,(H2,28,29,30,31,32). The second-order valence-corrected chi connectivity index (χ2v) is 9.45. The molecule has 0 saturated carbocycles. The molecule has 6 rings (SSSR count). The first kappa shape index (κ1) is 22.0. The molecule has 0 bridgehead atoms. The average Bonchev–Trinajstić information content (AvgIpc) is 3.32. The van der Waals surface area contributed by atoms with Crippen LogP contribution in [-0.2, 0) is 19.5 Å². The number of anilines is 2. The molecular formula is C27H32N8. The van der Waals surface area contributed by atoms with Crippen molar-refractivity contribution in [1.82, 2.24) is 30.0 Å². The fraction of sp³-hybridized carbons (Fsp3) is 0.370. The predicted octanol–water partition coefficient (Wildman–Crippen LogP) is 3.15. The SMILES string of the molecule is c1ccc(CN2CCN(CCNc3nc4c5c(n[nH]c5n3)CCN4Cc3ccccc3)CC2)cc1. The number of piperazine rings is 1. The van der Waals surface area contributed by atoms with Crippen molar-refractivity contribution in [3.8, 4) is 0 Å². The minimum atomic E-state index is 0.672. The smallest absolute Gasteiger partial charge is 0.226 e. The average molecular weight is 469 g/mol. The van der Waals surface area contributed by atoms with Crippen molar-refractivity contribution in [2.24, 2.45) is 0 Å². The summed E-state index contributed by atoms with van der Waals surface area (Å²) in [6.07, 6.45) is 0.909. The zero-order valence-electron chi connectivity index (χ0n) is 20.0. The quantitative estimate of drug-likeness (QED) is 0.411. The molecule has 4 aromatic rings. The maximum Gasteiger partial charge on any atom is 0.226 e. The molecule has 0 radical (unpaired) electrons. The number of hydrogen-bond acceptors (Lipinski definition) is 7. The fourth-order valence-corrected chi connectivity index (χ4v) is 5.10. The largest absolute Gasteiger partial charge is 0.353 e. The summed E-state index contributed by atoms with van der Waals surface area (Å²) in [5.41, 5.74) is 4.56. The van der Waals surface area contributed by atoms with Crippen LogP contribution in [0, 0.1) is 0 Å². The summed E-state index contributed by atoms with van der Waals surface area (Å²) in [5.74, 6) is 1.65. The van der Waals surface area contributed by atoms with Crippen molar-refractivity contribution < 1.29 is 0 Å². The molecule has 4 heterocycles. The van der Waals surface area contributed by atoms with E-state index in [9.17, 15) is 0 Å². The highest BCUT2D eigenvalue weighted by molar-refractivity contribution is 5.91. The Morgan fingerprint density at radius 2 is 1.46 bits per heavy atom. The third-order valence-electron chi connectivity index (χ3n) is 7.03. The van der Waals surface area contributed by atoms with E-state index in [1.54, 1.807) is 0 Å². The van der Waals surface area contributed by atoms with E-state index < -0.39 is 0 Å². The molecule has 35 heavy (non-hydrogen) atoms. The van der Waals surface area contributed by atoms with Gasteiger partial charge in [0.1, 0.15) is 5.82 Å². The van der Waals surface area contributed by atoms with Crippen molar-refractivity contribution in [3.63, 3.8) is 0 Å².